The van der Waals surface area contributed by atoms with Crippen molar-refractivity contribution in [2.75, 3.05) is 44.7 Å². The summed E-state index contributed by atoms with van der Waals surface area (Å²) < 4.78 is 5.46. The minimum absolute atomic E-state index is 0.283. The molecule has 1 aromatic carbocycles. The minimum Gasteiger partial charge on any atom is -0.495 e. The molecule has 1 aromatic rings. The molecule has 1 saturated carbocycles. The maximum Gasteiger partial charge on any atom is 0.223 e. The Morgan fingerprint density at radius 3 is 2.46 bits per heavy atom. The van der Waals surface area contributed by atoms with E-state index in [4.69, 9.17) is 4.74 Å². The van der Waals surface area contributed by atoms with E-state index < -0.39 is 0 Å². The number of carbonyl (C=O) groups is 1. The van der Waals surface area contributed by atoms with Crippen LogP contribution in [0.2, 0.25) is 0 Å². The summed E-state index contributed by atoms with van der Waals surface area (Å²) in [5, 5.41) is 3.61. The van der Waals surface area contributed by atoms with Crippen LogP contribution in [0.25, 0.3) is 0 Å². The summed E-state index contributed by atoms with van der Waals surface area (Å²) >= 11 is 0. The Balaban J connectivity index is 1.40. The number of amides is 1. The van der Waals surface area contributed by atoms with Crippen LogP contribution in [-0.2, 0) is 4.79 Å². The Morgan fingerprint density at radius 2 is 1.77 bits per heavy atom. The van der Waals surface area contributed by atoms with Crippen molar-refractivity contribution in [2.45, 2.75) is 51.0 Å². The van der Waals surface area contributed by atoms with Gasteiger partial charge in [-0.3, -0.25) is 4.79 Å². The molecule has 3 rings (SSSR count). The predicted octanol–water partition coefficient (Wildman–Crippen LogP) is 3.05. The molecule has 1 N–H and O–H groups in total. The highest BCUT2D eigenvalue weighted by Crippen LogP contribution is 2.28. The molecule has 1 aliphatic carbocycles. The second-order valence-corrected chi connectivity index (χ2v) is 7.43. The molecule has 2 aliphatic rings. The molecule has 0 atom stereocenters. The average molecular weight is 360 g/mol. The van der Waals surface area contributed by atoms with Crippen molar-refractivity contribution in [1.82, 2.24) is 10.2 Å². The number of para-hydroxylation sites is 2. The molecule has 26 heavy (non-hydrogen) atoms. The van der Waals surface area contributed by atoms with E-state index in [0.717, 1.165) is 44.2 Å². The number of carbonyl (C=O) groups excluding carboxylic acids is 1. The summed E-state index contributed by atoms with van der Waals surface area (Å²) in [6.45, 7) is 4.13. The van der Waals surface area contributed by atoms with E-state index >= 15 is 0 Å². The summed E-state index contributed by atoms with van der Waals surface area (Å²) in [6, 6.07) is 8.73. The van der Waals surface area contributed by atoms with Crippen LogP contribution in [0.4, 0.5) is 5.69 Å². The van der Waals surface area contributed by atoms with Crippen molar-refractivity contribution < 1.29 is 9.53 Å². The Hall–Kier alpha value is -1.75. The molecule has 0 bridgehead atoms. The van der Waals surface area contributed by atoms with E-state index in [1.54, 1.807) is 7.11 Å². The van der Waals surface area contributed by atoms with Gasteiger partial charge in [-0.25, -0.2) is 0 Å². The third-order valence-corrected chi connectivity index (χ3v) is 5.69. The number of nitrogens with one attached hydrogen (secondary N) is 1. The lowest BCUT2D eigenvalue weighted by molar-refractivity contribution is -0.131. The Bertz CT molecular complexity index is 562. The van der Waals surface area contributed by atoms with Crippen molar-refractivity contribution in [3.05, 3.63) is 24.3 Å². The number of benzene rings is 1. The number of ether oxygens (including phenoxy) is 1. The van der Waals surface area contributed by atoms with Gasteiger partial charge in [-0.1, -0.05) is 37.8 Å². The van der Waals surface area contributed by atoms with Gasteiger partial charge in [0.1, 0.15) is 5.75 Å². The number of piperazine rings is 1. The molecular weight excluding hydrogens is 326 g/mol. The first-order chi connectivity index (χ1) is 12.8. The highest BCUT2D eigenvalue weighted by Gasteiger charge is 2.22. The van der Waals surface area contributed by atoms with Crippen LogP contribution in [0.1, 0.15) is 44.9 Å². The monoisotopic (exact) mass is 359 g/mol. The third-order valence-electron chi connectivity index (χ3n) is 5.69. The van der Waals surface area contributed by atoms with Gasteiger partial charge < -0.3 is 19.9 Å². The van der Waals surface area contributed by atoms with Gasteiger partial charge in [-0.15, -0.1) is 0 Å². The smallest absolute Gasteiger partial charge is 0.223 e. The lowest BCUT2D eigenvalue weighted by atomic mass is 10.1. The zero-order valence-electron chi connectivity index (χ0n) is 16.1. The minimum atomic E-state index is 0.283. The van der Waals surface area contributed by atoms with Crippen molar-refractivity contribution in [2.24, 2.45) is 0 Å². The van der Waals surface area contributed by atoms with Gasteiger partial charge >= 0.3 is 0 Å². The quantitative estimate of drug-likeness (QED) is 0.793. The van der Waals surface area contributed by atoms with Crippen LogP contribution in [0, 0.1) is 0 Å². The second-order valence-electron chi connectivity index (χ2n) is 7.43. The molecule has 144 valence electrons. The number of rotatable bonds is 6. The molecule has 0 radical (unpaired) electrons. The number of hydrogen-bond donors (Lipinski definition) is 1. The Morgan fingerprint density at radius 1 is 1.08 bits per heavy atom. The number of methoxy groups -OCH3 is 1. The number of hydrogen-bond acceptors (Lipinski definition) is 4. The summed E-state index contributed by atoms with van der Waals surface area (Å²) in [5.41, 5.74) is 1.12. The van der Waals surface area contributed by atoms with Crippen LogP contribution >= 0.6 is 0 Å². The van der Waals surface area contributed by atoms with E-state index in [-0.39, 0.29) is 5.91 Å². The first-order valence-electron chi connectivity index (χ1n) is 10.2. The van der Waals surface area contributed by atoms with Crippen molar-refractivity contribution in [3.63, 3.8) is 0 Å². The molecule has 5 heteroatoms. The lowest BCUT2D eigenvalue weighted by Crippen LogP contribution is -2.49. The molecule has 0 spiro atoms. The normalized spacial score (nSPS) is 19.3. The summed E-state index contributed by atoms with van der Waals surface area (Å²) in [4.78, 5) is 16.8. The molecule has 1 heterocycles. The van der Waals surface area contributed by atoms with Gasteiger partial charge in [0.2, 0.25) is 5.91 Å². The standard InChI is InChI=1S/C21H33N3O2/c1-26-20-11-7-6-10-19(20)23-14-16-24(17-15-23)21(25)12-13-22-18-8-4-2-3-5-9-18/h6-7,10-11,18,22H,2-5,8-9,12-17H2,1H3. The molecular formula is C21H33N3O2. The van der Waals surface area contributed by atoms with Gasteiger partial charge in [0, 0.05) is 45.2 Å². The maximum absolute atomic E-state index is 12.5. The van der Waals surface area contributed by atoms with Crippen LogP contribution < -0.4 is 15.0 Å². The SMILES string of the molecule is COc1ccccc1N1CCN(C(=O)CCNC2CCCCCC2)CC1. The van der Waals surface area contributed by atoms with Crippen LogP contribution in [0.15, 0.2) is 24.3 Å². The van der Waals surface area contributed by atoms with Gasteiger partial charge in [0.25, 0.3) is 0 Å². The average Bonchev–Trinajstić information content (AvgIpc) is 2.97. The Labute approximate surface area is 157 Å². The number of anilines is 1. The van der Waals surface area contributed by atoms with E-state index in [2.05, 4.69) is 16.3 Å². The predicted molar refractivity (Wildman–Crippen MR) is 106 cm³/mol. The summed E-state index contributed by atoms with van der Waals surface area (Å²) in [6.07, 6.45) is 8.55. The van der Waals surface area contributed by atoms with Crippen molar-refractivity contribution in [1.29, 1.82) is 0 Å². The molecule has 5 nitrogen and oxygen atoms in total. The Kier molecular flexibility index (Phi) is 7.18. The molecule has 1 aliphatic heterocycles. The van der Waals surface area contributed by atoms with Crippen LogP contribution in [-0.4, -0.2) is 56.7 Å². The third kappa shape index (κ3) is 5.13. The fraction of sp³-hybridized carbons (Fsp3) is 0.667. The molecule has 1 amide bonds. The van der Waals surface area contributed by atoms with Crippen LogP contribution in [0.5, 0.6) is 5.75 Å². The first-order valence-corrected chi connectivity index (χ1v) is 10.2. The van der Waals surface area contributed by atoms with Gasteiger partial charge in [0.05, 0.1) is 12.8 Å². The fourth-order valence-electron chi connectivity index (χ4n) is 4.11. The fourth-order valence-corrected chi connectivity index (χ4v) is 4.11. The van der Waals surface area contributed by atoms with Crippen molar-refractivity contribution in [3.8, 4) is 5.75 Å². The van der Waals surface area contributed by atoms with Gasteiger partial charge in [-0.2, -0.15) is 0 Å². The first kappa shape index (κ1) is 19.0. The van der Waals surface area contributed by atoms with Crippen LogP contribution in [0.3, 0.4) is 0 Å². The number of nitrogens with zero attached hydrogens (tertiary/aromatic N) is 2. The second kappa shape index (κ2) is 9.81. The lowest BCUT2D eigenvalue weighted by Gasteiger charge is -2.36. The molecule has 0 aromatic heterocycles. The van der Waals surface area contributed by atoms with Crippen molar-refractivity contribution >= 4 is 11.6 Å². The zero-order chi connectivity index (χ0) is 18.2. The molecule has 2 fully saturated rings. The molecule has 0 unspecified atom stereocenters. The van der Waals surface area contributed by atoms with Gasteiger partial charge in [-0.05, 0) is 25.0 Å². The summed E-state index contributed by atoms with van der Waals surface area (Å²) in [7, 11) is 1.71. The van der Waals surface area contributed by atoms with E-state index in [9.17, 15) is 4.79 Å². The van der Waals surface area contributed by atoms with E-state index in [0.29, 0.717) is 12.5 Å². The maximum atomic E-state index is 12.5. The highest BCUT2D eigenvalue weighted by molar-refractivity contribution is 5.76. The highest BCUT2D eigenvalue weighted by atomic mass is 16.5. The van der Waals surface area contributed by atoms with E-state index in [1.807, 2.05) is 23.1 Å². The molecule has 1 saturated heterocycles. The van der Waals surface area contributed by atoms with E-state index in [1.165, 1.54) is 38.5 Å². The zero-order valence-corrected chi connectivity index (χ0v) is 16.1. The largest absolute Gasteiger partial charge is 0.495 e. The summed E-state index contributed by atoms with van der Waals surface area (Å²) in [5.74, 6) is 1.19. The topological polar surface area (TPSA) is 44.8 Å². The van der Waals surface area contributed by atoms with Gasteiger partial charge in [0.15, 0.2) is 0 Å².